The lowest BCUT2D eigenvalue weighted by molar-refractivity contribution is 0.0735. The molecule has 28 heavy (non-hydrogen) atoms. The minimum Gasteiger partial charge on any atom is -0.335 e. The summed E-state index contributed by atoms with van der Waals surface area (Å²) in [7, 11) is -3.89. The van der Waals surface area contributed by atoms with Gasteiger partial charge in [0.1, 0.15) is 4.90 Å². The number of rotatable bonds is 7. The van der Waals surface area contributed by atoms with E-state index < -0.39 is 10.0 Å². The summed E-state index contributed by atoms with van der Waals surface area (Å²) >= 11 is 11.9. The van der Waals surface area contributed by atoms with Gasteiger partial charge in [-0.2, -0.15) is 0 Å². The number of carbonyl (C=O) groups is 1. The third-order valence-electron chi connectivity index (χ3n) is 4.97. The molecule has 1 amide bonds. The van der Waals surface area contributed by atoms with Gasteiger partial charge in [-0.25, -0.2) is 8.42 Å². The number of sulfonamides is 1. The van der Waals surface area contributed by atoms with E-state index in [1.165, 1.54) is 31.0 Å². The maximum absolute atomic E-state index is 12.8. The largest absolute Gasteiger partial charge is 0.335 e. The standard InChI is InChI=1S/C20H20Cl2N2O3S/c21-15-5-10-18(22)19(11-15)28(26,27)23-16-6-3-14(4-7-16)20(25)24(17-8-9-17)12-13-1-2-13/h3-7,10-11,13,17,23H,1-2,8-9,12H2. The number of hydrogen-bond acceptors (Lipinski definition) is 3. The zero-order valence-electron chi connectivity index (χ0n) is 15.1. The van der Waals surface area contributed by atoms with Gasteiger partial charge in [-0.3, -0.25) is 9.52 Å². The molecule has 2 aliphatic rings. The van der Waals surface area contributed by atoms with Crippen LogP contribution in [0.3, 0.4) is 0 Å². The number of amides is 1. The molecule has 2 aliphatic carbocycles. The molecule has 5 nitrogen and oxygen atoms in total. The predicted molar refractivity (Wildman–Crippen MR) is 110 cm³/mol. The molecule has 2 aromatic rings. The van der Waals surface area contributed by atoms with Crippen molar-refractivity contribution in [2.24, 2.45) is 5.92 Å². The van der Waals surface area contributed by atoms with Gasteiger partial charge in [-0.15, -0.1) is 0 Å². The first-order valence-electron chi connectivity index (χ1n) is 9.22. The van der Waals surface area contributed by atoms with Crippen molar-refractivity contribution >= 4 is 44.8 Å². The Morgan fingerprint density at radius 3 is 2.32 bits per heavy atom. The molecule has 0 bridgehead atoms. The highest BCUT2D eigenvalue weighted by Gasteiger charge is 2.36. The Kier molecular flexibility index (Phi) is 5.29. The quantitative estimate of drug-likeness (QED) is 0.674. The van der Waals surface area contributed by atoms with E-state index in [1.54, 1.807) is 24.3 Å². The maximum Gasteiger partial charge on any atom is 0.263 e. The SMILES string of the molecule is O=C(c1ccc(NS(=O)(=O)c2cc(Cl)ccc2Cl)cc1)N(CC1CC1)C1CC1. The average Bonchev–Trinajstić information content (AvgIpc) is 3.55. The molecule has 2 fully saturated rings. The third kappa shape index (κ3) is 4.45. The van der Waals surface area contributed by atoms with E-state index in [9.17, 15) is 13.2 Å². The number of anilines is 1. The lowest BCUT2D eigenvalue weighted by atomic mass is 10.1. The Labute approximate surface area is 174 Å². The second-order valence-corrected chi connectivity index (χ2v) is 9.88. The molecule has 0 aromatic heterocycles. The van der Waals surface area contributed by atoms with Crippen molar-refractivity contribution in [2.75, 3.05) is 11.3 Å². The van der Waals surface area contributed by atoms with Crippen LogP contribution in [-0.2, 0) is 10.0 Å². The summed E-state index contributed by atoms with van der Waals surface area (Å²) < 4.78 is 27.7. The molecule has 0 saturated heterocycles. The third-order valence-corrected chi connectivity index (χ3v) is 7.07. The molecular formula is C20H20Cl2N2O3S. The minimum atomic E-state index is -3.89. The van der Waals surface area contributed by atoms with Gasteiger partial charge < -0.3 is 4.90 Å². The van der Waals surface area contributed by atoms with E-state index in [4.69, 9.17) is 23.2 Å². The molecule has 0 radical (unpaired) electrons. The van der Waals surface area contributed by atoms with Gasteiger partial charge in [0, 0.05) is 28.9 Å². The van der Waals surface area contributed by atoms with Crippen LogP contribution in [0, 0.1) is 5.92 Å². The van der Waals surface area contributed by atoms with Crippen LogP contribution in [0.15, 0.2) is 47.4 Å². The van der Waals surface area contributed by atoms with Crippen molar-refractivity contribution in [1.82, 2.24) is 4.90 Å². The first kappa shape index (κ1) is 19.6. The van der Waals surface area contributed by atoms with Crippen LogP contribution < -0.4 is 4.72 Å². The lowest BCUT2D eigenvalue weighted by Crippen LogP contribution is -2.34. The van der Waals surface area contributed by atoms with Crippen LogP contribution in [0.2, 0.25) is 10.0 Å². The Bertz CT molecular complexity index is 1000. The van der Waals surface area contributed by atoms with Gasteiger partial charge in [0.15, 0.2) is 0 Å². The highest BCUT2D eigenvalue weighted by molar-refractivity contribution is 7.92. The molecule has 4 rings (SSSR count). The van der Waals surface area contributed by atoms with Crippen LogP contribution in [0.25, 0.3) is 0 Å². The molecule has 0 heterocycles. The number of nitrogens with one attached hydrogen (secondary N) is 1. The number of halogens is 2. The fourth-order valence-corrected chi connectivity index (χ4v) is 4.92. The molecule has 0 spiro atoms. The molecular weight excluding hydrogens is 419 g/mol. The van der Waals surface area contributed by atoms with Gasteiger partial charge in [-0.05, 0) is 74.1 Å². The highest BCUT2D eigenvalue weighted by Crippen LogP contribution is 2.35. The minimum absolute atomic E-state index is 0.0155. The van der Waals surface area contributed by atoms with Gasteiger partial charge in [0.05, 0.1) is 5.02 Å². The number of carbonyl (C=O) groups excluding carboxylic acids is 1. The molecule has 2 aromatic carbocycles. The predicted octanol–water partition coefficient (Wildman–Crippen LogP) is 4.81. The fraction of sp³-hybridized carbons (Fsp3) is 0.350. The van der Waals surface area contributed by atoms with Crippen LogP contribution in [0.5, 0.6) is 0 Å². The van der Waals surface area contributed by atoms with Crippen molar-refractivity contribution < 1.29 is 13.2 Å². The topological polar surface area (TPSA) is 66.5 Å². The number of nitrogens with zero attached hydrogens (tertiary/aromatic N) is 1. The van der Waals surface area contributed by atoms with E-state index >= 15 is 0 Å². The maximum atomic E-state index is 12.8. The number of hydrogen-bond donors (Lipinski definition) is 1. The van der Waals surface area contributed by atoms with E-state index in [-0.39, 0.29) is 20.8 Å². The lowest BCUT2D eigenvalue weighted by Gasteiger charge is -2.22. The van der Waals surface area contributed by atoms with Gasteiger partial charge >= 0.3 is 0 Å². The second-order valence-electron chi connectivity index (χ2n) is 7.39. The molecule has 148 valence electrons. The summed E-state index contributed by atoms with van der Waals surface area (Å²) in [6.45, 7) is 0.825. The average molecular weight is 439 g/mol. The molecule has 0 atom stereocenters. The van der Waals surface area contributed by atoms with Crippen molar-refractivity contribution in [3.63, 3.8) is 0 Å². The van der Waals surface area contributed by atoms with E-state index in [2.05, 4.69) is 4.72 Å². The summed E-state index contributed by atoms with van der Waals surface area (Å²) in [6, 6.07) is 11.1. The second kappa shape index (κ2) is 7.58. The zero-order valence-corrected chi connectivity index (χ0v) is 17.4. The highest BCUT2D eigenvalue weighted by atomic mass is 35.5. The van der Waals surface area contributed by atoms with Crippen LogP contribution >= 0.6 is 23.2 Å². The molecule has 0 unspecified atom stereocenters. The fourth-order valence-electron chi connectivity index (χ4n) is 3.10. The van der Waals surface area contributed by atoms with Crippen molar-refractivity contribution in [3.05, 3.63) is 58.1 Å². The van der Waals surface area contributed by atoms with E-state index in [0.29, 0.717) is 23.2 Å². The Morgan fingerprint density at radius 1 is 1.04 bits per heavy atom. The van der Waals surface area contributed by atoms with Crippen LogP contribution in [0.1, 0.15) is 36.0 Å². The number of benzene rings is 2. The van der Waals surface area contributed by atoms with Crippen LogP contribution in [-0.4, -0.2) is 31.8 Å². The molecule has 8 heteroatoms. The van der Waals surface area contributed by atoms with Gasteiger partial charge in [-0.1, -0.05) is 23.2 Å². The molecule has 2 saturated carbocycles. The summed E-state index contributed by atoms with van der Waals surface area (Å²) in [5.41, 5.74) is 0.920. The van der Waals surface area contributed by atoms with Crippen molar-refractivity contribution in [3.8, 4) is 0 Å². The van der Waals surface area contributed by atoms with Gasteiger partial charge in [0.2, 0.25) is 0 Å². The first-order chi connectivity index (χ1) is 13.3. The van der Waals surface area contributed by atoms with E-state index in [1.807, 2.05) is 4.90 Å². The summed E-state index contributed by atoms with van der Waals surface area (Å²) in [5.74, 6) is 0.653. The Balaban J connectivity index is 1.49. The smallest absolute Gasteiger partial charge is 0.263 e. The van der Waals surface area contributed by atoms with Gasteiger partial charge in [0.25, 0.3) is 15.9 Å². The Hall–Kier alpha value is -1.76. The zero-order chi connectivity index (χ0) is 19.9. The normalized spacial score (nSPS) is 16.6. The van der Waals surface area contributed by atoms with Crippen LogP contribution in [0.4, 0.5) is 5.69 Å². The van der Waals surface area contributed by atoms with Crippen molar-refractivity contribution in [2.45, 2.75) is 36.6 Å². The summed E-state index contributed by atoms with van der Waals surface area (Å²) in [5, 5.41) is 0.366. The Morgan fingerprint density at radius 2 is 1.71 bits per heavy atom. The first-order valence-corrected chi connectivity index (χ1v) is 11.5. The summed E-state index contributed by atoms with van der Waals surface area (Å²) in [6.07, 6.45) is 4.53. The van der Waals surface area contributed by atoms with E-state index in [0.717, 1.165) is 19.4 Å². The molecule has 1 N–H and O–H groups in total. The molecule has 0 aliphatic heterocycles. The monoisotopic (exact) mass is 438 g/mol. The summed E-state index contributed by atoms with van der Waals surface area (Å²) in [4.78, 5) is 14.7. The van der Waals surface area contributed by atoms with Crippen molar-refractivity contribution in [1.29, 1.82) is 0 Å².